The Labute approximate surface area is 143 Å². The molecular formula is C16H18ClF3N4. The first-order valence-electron chi connectivity index (χ1n) is 7.45. The Morgan fingerprint density at radius 1 is 1.17 bits per heavy atom. The Kier molecular flexibility index (Phi) is 5.54. The molecule has 0 bridgehead atoms. The summed E-state index contributed by atoms with van der Waals surface area (Å²) in [6.45, 7) is 5.75. The van der Waals surface area contributed by atoms with Crippen LogP contribution in [0.2, 0.25) is 5.02 Å². The third-order valence-corrected chi connectivity index (χ3v) is 3.73. The van der Waals surface area contributed by atoms with Crippen molar-refractivity contribution in [2.75, 3.05) is 10.6 Å². The van der Waals surface area contributed by atoms with Crippen LogP contribution in [0.4, 0.5) is 30.5 Å². The van der Waals surface area contributed by atoms with Crippen LogP contribution in [0.1, 0.15) is 31.7 Å². The fraction of sp³-hybridized carbons (Fsp3) is 0.375. The first-order chi connectivity index (χ1) is 11.2. The molecule has 2 rings (SSSR count). The van der Waals surface area contributed by atoms with Gasteiger partial charge in [0, 0.05) is 12.1 Å². The van der Waals surface area contributed by atoms with Crippen molar-refractivity contribution in [1.82, 2.24) is 9.97 Å². The van der Waals surface area contributed by atoms with Gasteiger partial charge in [-0.3, -0.25) is 0 Å². The van der Waals surface area contributed by atoms with Crippen molar-refractivity contribution in [3.05, 3.63) is 40.7 Å². The van der Waals surface area contributed by atoms with E-state index in [1.165, 1.54) is 6.07 Å². The third-order valence-electron chi connectivity index (χ3n) is 3.40. The fourth-order valence-corrected chi connectivity index (χ4v) is 2.16. The van der Waals surface area contributed by atoms with Crippen LogP contribution in [0.3, 0.4) is 0 Å². The number of benzene rings is 1. The molecule has 0 aliphatic rings. The molecule has 1 heterocycles. The number of aromatic nitrogens is 2. The minimum Gasteiger partial charge on any atom is -0.367 e. The zero-order chi connectivity index (χ0) is 17.9. The minimum absolute atomic E-state index is 0.138. The molecule has 2 N–H and O–H groups in total. The molecule has 1 atom stereocenters. The van der Waals surface area contributed by atoms with E-state index in [9.17, 15) is 13.2 Å². The number of halogens is 4. The summed E-state index contributed by atoms with van der Waals surface area (Å²) in [4.78, 5) is 8.46. The molecule has 1 aromatic carbocycles. The van der Waals surface area contributed by atoms with E-state index in [1.54, 1.807) is 13.0 Å². The largest absolute Gasteiger partial charge is 0.416 e. The number of hydrogen-bond acceptors (Lipinski definition) is 4. The Hall–Kier alpha value is -2.02. The first kappa shape index (κ1) is 18.3. The highest BCUT2D eigenvalue weighted by molar-refractivity contribution is 6.33. The topological polar surface area (TPSA) is 49.8 Å². The van der Waals surface area contributed by atoms with Crippen LogP contribution in [0.5, 0.6) is 0 Å². The van der Waals surface area contributed by atoms with Crippen LogP contribution in [0.25, 0.3) is 0 Å². The van der Waals surface area contributed by atoms with E-state index in [0.717, 1.165) is 18.6 Å². The smallest absolute Gasteiger partial charge is 0.367 e. The van der Waals surface area contributed by atoms with E-state index < -0.39 is 11.7 Å². The average molecular weight is 359 g/mol. The second kappa shape index (κ2) is 7.25. The van der Waals surface area contributed by atoms with E-state index in [-0.39, 0.29) is 16.8 Å². The van der Waals surface area contributed by atoms with Gasteiger partial charge < -0.3 is 10.6 Å². The number of nitrogens with zero attached hydrogens (tertiary/aromatic N) is 2. The molecule has 0 spiro atoms. The first-order valence-corrected chi connectivity index (χ1v) is 7.83. The van der Waals surface area contributed by atoms with Gasteiger partial charge in [-0.05, 0) is 38.5 Å². The normalized spacial score (nSPS) is 12.8. The minimum atomic E-state index is -4.44. The summed E-state index contributed by atoms with van der Waals surface area (Å²) in [5, 5.41) is 6.22. The van der Waals surface area contributed by atoms with Crippen LogP contribution in [-0.2, 0) is 6.18 Å². The molecule has 1 unspecified atom stereocenters. The van der Waals surface area contributed by atoms with Crippen molar-refractivity contribution in [1.29, 1.82) is 0 Å². The lowest BCUT2D eigenvalue weighted by atomic mass is 10.2. The maximum Gasteiger partial charge on any atom is 0.416 e. The van der Waals surface area contributed by atoms with Gasteiger partial charge >= 0.3 is 6.18 Å². The van der Waals surface area contributed by atoms with Gasteiger partial charge in [0.25, 0.3) is 0 Å². The van der Waals surface area contributed by atoms with Crippen molar-refractivity contribution < 1.29 is 13.2 Å². The number of nitrogens with one attached hydrogen (secondary N) is 2. The van der Waals surface area contributed by atoms with Crippen molar-refractivity contribution in [3.8, 4) is 0 Å². The van der Waals surface area contributed by atoms with Crippen LogP contribution in [-0.4, -0.2) is 16.0 Å². The second-order valence-corrected chi connectivity index (χ2v) is 5.86. The molecule has 0 radical (unpaired) electrons. The summed E-state index contributed by atoms with van der Waals surface area (Å²) < 4.78 is 38.5. The fourth-order valence-electron chi connectivity index (χ4n) is 2.00. The monoisotopic (exact) mass is 358 g/mol. The van der Waals surface area contributed by atoms with Gasteiger partial charge in [-0.1, -0.05) is 18.5 Å². The maximum atomic E-state index is 12.8. The molecule has 130 valence electrons. The number of rotatable bonds is 5. The summed E-state index contributed by atoms with van der Waals surface area (Å²) in [5.41, 5.74) is -0.641. The number of anilines is 3. The highest BCUT2D eigenvalue weighted by atomic mass is 35.5. The lowest BCUT2D eigenvalue weighted by molar-refractivity contribution is -0.137. The molecule has 4 nitrogen and oxygen atoms in total. The zero-order valence-corrected chi connectivity index (χ0v) is 14.3. The van der Waals surface area contributed by atoms with Gasteiger partial charge in [0.1, 0.15) is 17.5 Å². The van der Waals surface area contributed by atoms with Gasteiger partial charge in [-0.2, -0.15) is 13.2 Å². The molecule has 8 heteroatoms. The van der Waals surface area contributed by atoms with Crippen LogP contribution in [0.15, 0.2) is 24.3 Å². The number of aryl methyl sites for hydroxylation is 1. The summed E-state index contributed by atoms with van der Waals surface area (Å²) in [6.07, 6.45) is -3.53. The summed E-state index contributed by atoms with van der Waals surface area (Å²) in [7, 11) is 0. The summed E-state index contributed by atoms with van der Waals surface area (Å²) >= 11 is 5.99. The highest BCUT2D eigenvalue weighted by Gasteiger charge is 2.31. The third kappa shape index (κ3) is 4.74. The second-order valence-electron chi connectivity index (χ2n) is 5.46. The SMILES string of the molecule is CCC(C)Nc1cc(Nc2cc(C(F)(F)F)ccc2Cl)nc(C)n1. The van der Waals surface area contributed by atoms with Crippen LogP contribution >= 0.6 is 11.6 Å². The maximum absolute atomic E-state index is 12.8. The molecule has 0 fully saturated rings. The van der Waals surface area contributed by atoms with E-state index in [2.05, 4.69) is 20.6 Å². The van der Waals surface area contributed by atoms with Crippen molar-refractivity contribution >= 4 is 28.9 Å². The average Bonchev–Trinajstić information content (AvgIpc) is 2.47. The van der Waals surface area contributed by atoms with Crippen molar-refractivity contribution in [3.63, 3.8) is 0 Å². The molecular weight excluding hydrogens is 341 g/mol. The van der Waals surface area contributed by atoms with Gasteiger partial charge in [-0.15, -0.1) is 0 Å². The Bertz CT molecular complexity index is 719. The van der Waals surface area contributed by atoms with E-state index >= 15 is 0 Å². The van der Waals surface area contributed by atoms with E-state index in [1.807, 2.05) is 13.8 Å². The summed E-state index contributed by atoms with van der Waals surface area (Å²) in [5.74, 6) is 1.46. The molecule has 2 aromatic rings. The van der Waals surface area contributed by atoms with E-state index in [4.69, 9.17) is 11.6 Å². The van der Waals surface area contributed by atoms with E-state index in [0.29, 0.717) is 17.5 Å². The Morgan fingerprint density at radius 2 is 1.83 bits per heavy atom. The molecule has 1 aromatic heterocycles. The van der Waals surface area contributed by atoms with Gasteiger partial charge in [-0.25, -0.2) is 9.97 Å². The quantitative estimate of drug-likeness (QED) is 0.750. The molecule has 0 aliphatic heterocycles. The molecule has 0 amide bonds. The van der Waals surface area contributed by atoms with Gasteiger partial charge in [0.15, 0.2) is 0 Å². The number of alkyl halides is 3. The summed E-state index contributed by atoms with van der Waals surface area (Å²) in [6, 6.07) is 4.95. The predicted molar refractivity (Wildman–Crippen MR) is 89.9 cm³/mol. The van der Waals surface area contributed by atoms with Gasteiger partial charge in [0.2, 0.25) is 0 Å². The van der Waals surface area contributed by atoms with Crippen LogP contribution < -0.4 is 10.6 Å². The Balaban J connectivity index is 2.31. The van der Waals surface area contributed by atoms with Crippen molar-refractivity contribution in [2.45, 2.75) is 39.4 Å². The Morgan fingerprint density at radius 3 is 2.46 bits per heavy atom. The lowest BCUT2D eigenvalue weighted by Crippen LogP contribution is -2.15. The number of hydrogen-bond donors (Lipinski definition) is 2. The van der Waals surface area contributed by atoms with Gasteiger partial charge in [0.05, 0.1) is 16.3 Å². The standard InChI is InChI=1S/C16H18ClF3N4/c1-4-9(2)21-14-8-15(23-10(3)22-14)24-13-7-11(16(18,19)20)5-6-12(13)17/h5-9H,4H2,1-3H3,(H2,21,22,23,24). The molecule has 0 saturated carbocycles. The van der Waals surface area contributed by atoms with Crippen LogP contribution in [0, 0.1) is 6.92 Å². The van der Waals surface area contributed by atoms with Crippen molar-refractivity contribution in [2.24, 2.45) is 0 Å². The molecule has 24 heavy (non-hydrogen) atoms. The molecule has 0 aliphatic carbocycles. The highest BCUT2D eigenvalue weighted by Crippen LogP contribution is 2.34. The molecule has 0 saturated heterocycles. The zero-order valence-electron chi connectivity index (χ0n) is 13.5. The predicted octanol–water partition coefficient (Wildman–Crippen LogP) is 5.41. The lowest BCUT2D eigenvalue weighted by Gasteiger charge is -2.15.